The Morgan fingerprint density at radius 1 is 1.40 bits per heavy atom. The van der Waals surface area contributed by atoms with Gasteiger partial charge in [0.15, 0.2) is 5.82 Å². The molecule has 0 aliphatic rings. The van der Waals surface area contributed by atoms with Gasteiger partial charge in [-0.2, -0.15) is 0 Å². The van der Waals surface area contributed by atoms with Crippen molar-refractivity contribution in [3.63, 3.8) is 0 Å². The van der Waals surface area contributed by atoms with Crippen molar-refractivity contribution in [2.24, 2.45) is 0 Å². The maximum Gasteiger partial charge on any atom is 0.412 e. The number of carbonyl (C=O) groups is 1. The number of carbonyl (C=O) groups excluding carboxylic acids is 1. The first-order valence-electron chi connectivity index (χ1n) is 6.37. The standard InChI is InChI=1S/C13H17N5O2/c1-2-20-13(19)15-12-11(14)18(17-16-12)9-8-10-6-4-3-5-7-10/h3-7H,2,8-9,14H2,1H3,(H,15,19). The normalized spacial score (nSPS) is 10.2. The van der Waals surface area contributed by atoms with Crippen LogP contribution in [0.1, 0.15) is 12.5 Å². The smallest absolute Gasteiger partial charge is 0.412 e. The lowest BCUT2D eigenvalue weighted by Gasteiger charge is -2.05. The molecule has 0 bridgehead atoms. The molecule has 20 heavy (non-hydrogen) atoms. The molecule has 0 atom stereocenters. The summed E-state index contributed by atoms with van der Waals surface area (Å²) in [7, 11) is 0. The molecular formula is C13H17N5O2. The van der Waals surface area contributed by atoms with E-state index in [-0.39, 0.29) is 12.4 Å². The zero-order valence-corrected chi connectivity index (χ0v) is 11.2. The van der Waals surface area contributed by atoms with Crippen molar-refractivity contribution in [2.45, 2.75) is 19.9 Å². The number of hydrogen-bond donors (Lipinski definition) is 2. The molecule has 0 fully saturated rings. The highest BCUT2D eigenvalue weighted by Crippen LogP contribution is 2.14. The SMILES string of the molecule is CCOC(=O)Nc1nnn(CCc2ccccc2)c1N. The Balaban J connectivity index is 1.96. The summed E-state index contributed by atoms with van der Waals surface area (Å²) in [5.74, 6) is 0.533. The van der Waals surface area contributed by atoms with E-state index in [1.165, 1.54) is 5.56 Å². The number of nitrogens with zero attached hydrogens (tertiary/aromatic N) is 3. The fraction of sp³-hybridized carbons (Fsp3) is 0.308. The van der Waals surface area contributed by atoms with Crippen molar-refractivity contribution in [2.75, 3.05) is 17.7 Å². The fourth-order valence-corrected chi connectivity index (χ4v) is 1.72. The molecule has 0 saturated carbocycles. The minimum atomic E-state index is -0.589. The van der Waals surface area contributed by atoms with Gasteiger partial charge in [0, 0.05) is 6.54 Å². The highest BCUT2D eigenvalue weighted by atomic mass is 16.5. The van der Waals surface area contributed by atoms with Gasteiger partial charge in [-0.1, -0.05) is 35.5 Å². The Labute approximate surface area is 116 Å². The van der Waals surface area contributed by atoms with E-state index in [4.69, 9.17) is 10.5 Å². The van der Waals surface area contributed by atoms with Gasteiger partial charge in [0.25, 0.3) is 0 Å². The minimum absolute atomic E-state index is 0.219. The first-order chi connectivity index (χ1) is 9.70. The Morgan fingerprint density at radius 2 is 2.15 bits per heavy atom. The van der Waals surface area contributed by atoms with Crippen molar-refractivity contribution in [3.8, 4) is 0 Å². The molecule has 0 aliphatic carbocycles. The second-order valence-corrected chi connectivity index (χ2v) is 4.13. The molecule has 0 aliphatic heterocycles. The second-order valence-electron chi connectivity index (χ2n) is 4.13. The van der Waals surface area contributed by atoms with Crippen LogP contribution in [-0.4, -0.2) is 27.7 Å². The van der Waals surface area contributed by atoms with Crippen LogP contribution >= 0.6 is 0 Å². The van der Waals surface area contributed by atoms with E-state index in [1.54, 1.807) is 11.6 Å². The molecule has 1 amide bonds. The fourth-order valence-electron chi connectivity index (χ4n) is 1.72. The number of anilines is 2. The number of nitrogen functional groups attached to an aromatic ring is 1. The number of ether oxygens (including phenoxy) is 1. The Bertz CT molecular complexity index is 567. The maximum atomic E-state index is 11.3. The van der Waals surface area contributed by atoms with Crippen molar-refractivity contribution < 1.29 is 9.53 Å². The summed E-state index contributed by atoms with van der Waals surface area (Å²) in [5, 5.41) is 10.2. The molecule has 7 heteroatoms. The first-order valence-corrected chi connectivity index (χ1v) is 6.37. The summed E-state index contributed by atoms with van der Waals surface area (Å²) < 4.78 is 6.31. The van der Waals surface area contributed by atoms with E-state index in [0.717, 1.165) is 6.42 Å². The van der Waals surface area contributed by atoms with Crippen LogP contribution < -0.4 is 11.1 Å². The lowest BCUT2D eigenvalue weighted by molar-refractivity contribution is 0.168. The molecule has 7 nitrogen and oxygen atoms in total. The number of nitrogens with one attached hydrogen (secondary N) is 1. The largest absolute Gasteiger partial charge is 0.450 e. The summed E-state index contributed by atoms with van der Waals surface area (Å²) in [4.78, 5) is 11.3. The van der Waals surface area contributed by atoms with Gasteiger partial charge in [-0.05, 0) is 18.9 Å². The van der Waals surface area contributed by atoms with Crippen molar-refractivity contribution in [3.05, 3.63) is 35.9 Å². The van der Waals surface area contributed by atoms with Crippen LogP contribution in [0.25, 0.3) is 0 Å². The van der Waals surface area contributed by atoms with E-state index >= 15 is 0 Å². The summed E-state index contributed by atoms with van der Waals surface area (Å²) in [5.41, 5.74) is 7.06. The molecule has 106 valence electrons. The summed E-state index contributed by atoms with van der Waals surface area (Å²) in [6, 6.07) is 9.99. The quantitative estimate of drug-likeness (QED) is 0.865. The topological polar surface area (TPSA) is 95.1 Å². The van der Waals surface area contributed by atoms with E-state index in [9.17, 15) is 4.79 Å². The number of nitrogens with two attached hydrogens (primary N) is 1. The van der Waals surface area contributed by atoms with Gasteiger partial charge in [0.1, 0.15) is 0 Å². The van der Waals surface area contributed by atoms with Gasteiger partial charge in [0.2, 0.25) is 5.82 Å². The molecule has 0 saturated heterocycles. The zero-order valence-electron chi connectivity index (χ0n) is 11.2. The molecule has 2 rings (SSSR count). The van der Waals surface area contributed by atoms with E-state index < -0.39 is 6.09 Å². The number of aryl methyl sites for hydroxylation is 2. The number of rotatable bonds is 5. The molecule has 0 unspecified atom stereocenters. The predicted octanol–water partition coefficient (Wildman–Crippen LogP) is 1.67. The van der Waals surface area contributed by atoms with Gasteiger partial charge < -0.3 is 10.5 Å². The zero-order chi connectivity index (χ0) is 14.4. The molecule has 0 spiro atoms. The molecule has 3 N–H and O–H groups in total. The van der Waals surface area contributed by atoms with Crippen LogP contribution in [0.2, 0.25) is 0 Å². The van der Waals surface area contributed by atoms with Crippen molar-refractivity contribution >= 4 is 17.7 Å². The maximum absolute atomic E-state index is 11.3. The lowest BCUT2D eigenvalue weighted by Crippen LogP contribution is -2.15. The summed E-state index contributed by atoms with van der Waals surface area (Å²) in [6.45, 7) is 2.60. The third-order valence-electron chi connectivity index (χ3n) is 2.72. The average Bonchev–Trinajstić information content (AvgIpc) is 2.79. The van der Waals surface area contributed by atoms with Crippen LogP contribution in [0.15, 0.2) is 30.3 Å². The first kappa shape index (κ1) is 13.9. The van der Waals surface area contributed by atoms with Gasteiger partial charge in [0.05, 0.1) is 6.61 Å². The highest BCUT2D eigenvalue weighted by molar-refractivity contribution is 5.86. The van der Waals surface area contributed by atoms with E-state index in [1.807, 2.05) is 30.3 Å². The second kappa shape index (κ2) is 6.55. The number of hydrogen-bond acceptors (Lipinski definition) is 5. The van der Waals surface area contributed by atoms with Gasteiger partial charge in [-0.15, -0.1) is 5.10 Å². The molecule has 1 aromatic carbocycles. The van der Waals surface area contributed by atoms with Gasteiger partial charge >= 0.3 is 6.09 Å². The van der Waals surface area contributed by atoms with Crippen LogP contribution in [0.5, 0.6) is 0 Å². The van der Waals surface area contributed by atoms with Gasteiger partial charge in [-0.25, -0.2) is 9.48 Å². The number of aromatic nitrogens is 3. The minimum Gasteiger partial charge on any atom is -0.450 e. The van der Waals surface area contributed by atoms with Crippen LogP contribution in [-0.2, 0) is 17.7 Å². The van der Waals surface area contributed by atoms with E-state index in [2.05, 4.69) is 15.6 Å². The van der Waals surface area contributed by atoms with Crippen LogP contribution in [0.3, 0.4) is 0 Å². The predicted molar refractivity (Wildman–Crippen MR) is 75.2 cm³/mol. The molecule has 1 aromatic heterocycles. The highest BCUT2D eigenvalue weighted by Gasteiger charge is 2.12. The van der Waals surface area contributed by atoms with Gasteiger partial charge in [-0.3, -0.25) is 5.32 Å². The van der Waals surface area contributed by atoms with Crippen LogP contribution in [0, 0.1) is 0 Å². The number of amides is 1. The molecular weight excluding hydrogens is 258 g/mol. The van der Waals surface area contributed by atoms with E-state index in [0.29, 0.717) is 12.4 Å². The molecule has 2 aromatic rings. The van der Waals surface area contributed by atoms with Crippen LogP contribution in [0.4, 0.5) is 16.4 Å². The number of benzene rings is 1. The summed E-state index contributed by atoms with van der Waals surface area (Å²) in [6.07, 6.45) is 0.196. The Kier molecular flexibility index (Phi) is 4.54. The molecule has 1 heterocycles. The third kappa shape index (κ3) is 3.47. The van der Waals surface area contributed by atoms with Crippen molar-refractivity contribution in [1.82, 2.24) is 15.0 Å². The third-order valence-corrected chi connectivity index (χ3v) is 2.72. The Morgan fingerprint density at radius 3 is 2.85 bits per heavy atom. The molecule has 0 radical (unpaired) electrons. The lowest BCUT2D eigenvalue weighted by atomic mass is 10.1. The monoisotopic (exact) mass is 275 g/mol. The van der Waals surface area contributed by atoms with Crippen molar-refractivity contribution in [1.29, 1.82) is 0 Å². The summed E-state index contributed by atoms with van der Waals surface area (Å²) >= 11 is 0. The Hall–Kier alpha value is -2.57. The average molecular weight is 275 g/mol.